The molecule has 0 saturated carbocycles. The number of carbonyl (C=O) groups excluding carboxylic acids is 2. The third-order valence-corrected chi connectivity index (χ3v) is 5.32. The van der Waals surface area contributed by atoms with E-state index in [9.17, 15) is 22.8 Å². The number of amides is 3. The molecular formula is C21H17ClF3N5O2S. The summed E-state index contributed by atoms with van der Waals surface area (Å²) >= 11 is 6.88. The fourth-order valence-corrected chi connectivity index (χ4v) is 3.74. The highest BCUT2D eigenvalue weighted by atomic mass is 35.5. The second-order valence-electron chi connectivity index (χ2n) is 6.50. The van der Waals surface area contributed by atoms with Gasteiger partial charge in [-0.3, -0.25) is 14.7 Å². The zero-order chi connectivity index (χ0) is 24.0. The van der Waals surface area contributed by atoms with E-state index >= 15 is 0 Å². The number of hydrogen-bond acceptors (Lipinski definition) is 5. The molecule has 0 saturated heterocycles. The summed E-state index contributed by atoms with van der Waals surface area (Å²) in [5.41, 5.74) is -0.674. The summed E-state index contributed by atoms with van der Waals surface area (Å²) < 4.78 is 42.4. The lowest BCUT2D eigenvalue weighted by molar-refractivity contribution is -0.137. The topological polar surface area (TPSA) is 88.9 Å². The van der Waals surface area contributed by atoms with Gasteiger partial charge in [0.1, 0.15) is 0 Å². The van der Waals surface area contributed by atoms with Crippen LogP contribution >= 0.6 is 23.4 Å². The molecule has 0 aliphatic rings. The molecule has 0 aliphatic carbocycles. The van der Waals surface area contributed by atoms with Crippen molar-refractivity contribution in [3.63, 3.8) is 0 Å². The number of alkyl halides is 3. The zero-order valence-corrected chi connectivity index (χ0v) is 18.5. The van der Waals surface area contributed by atoms with Crippen LogP contribution in [-0.2, 0) is 11.0 Å². The van der Waals surface area contributed by atoms with E-state index in [1.54, 1.807) is 24.3 Å². The lowest BCUT2D eigenvalue weighted by Gasteiger charge is -2.16. The summed E-state index contributed by atoms with van der Waals surface area (Å²) in [4.78, 5) is 23.7. The van der Waals surface area contributed by atoms with E-state index in [0.717, 1.165) is 17.8 Å². The minimum atomic E-state index is -4.64. The van der Waals surface area contributed by atoms with Crippen LogP contribution in [0.5, 0.6) is 0 Å². The third-order valence-electron chi connectivity index (χ3n) is 4.16. The summed E-state index contributed by atoms with van der Waals surface area (Å²) in [6, 6.07) is 10.7. The van der Waals surface area contributed by atoms with Crippen molar-refractivity contribution in [2.24, 2.45) is 0 Å². The van der Waals surface area contributed by atoms with E-state index in [1.165, 1.54) is 28.8 Å². The van der Waals surface area contributed by atoms with Crippen LogP contribution < -0.4 is 10.6 Å². The molecule has 1 heterocycles. The number of thioether (sulfide) groups is 1. The van der Waals surface area contributed by atoms with Gasteiger partial charge in [-0.1, -0.05) is 53.7 Å². The van der Waals surface area contributed by atoms with E-state index in [1.807, 2.05) is 0 Å². The number of halogens is 4. The lowest BCUT2D eigenvalue weighted by Crippen LogP contribution is -2.40. The number of hydrogen-bond donors (Lipinski definition) is 2. The van der Waals surface area contributed by atoms with Gasteiger partial charge in [-0.25, -0.2) is 4.79 Å². The molecular weight excluding hydrogens is 479 g/mol. The molecule has 0 spiro atoms. The molecule has 7 nitrogen and oxygen atoms in total. The highest BCUT2D eigenvalue weighted by Gasteiger charge is 2.35. The zero-order valence-electron chi connectivity index (χ0n) is 16.9. The van der Waals surface area contributed by atoms with Crippen LogP contribution in [0.1, 0.15) is 5.56 Å². The Hall–Kier alpha value is -3.31. The van der Waals surface area contributed by atoms with Crippen molar-refractivity contribution in [2.45, 2.75) is 11.3 Å². The largest absolute Gasteiger partial charge is 0.418 e. The number of aromatic nitrogens is 3. The molecule has 12 heteroatoms. The first-order valence-electron chi connectivity index (χ1n) is 9.40. The molecule has 172 valence electrons. The van der Waals surface area contributed by atoms with Crippen molar-refractivity contribution in [1.29, 1.82) is 0 Å². The SMILES string of the molecule is C=CCNC(=O)NC(=O)CSc1nnc(-c2cccc(Cl)c2)n1-c1ccccc1C(F)(F)F. The second-order valence-corrected chi connectivity index (χ2v) is 7.88. The summed E-state index contributed by atoms with van der Waals surface area (Å²) in [6.07, 6.45) is -3.20. The molecule has 3 amide bonds. The lowest BCUT2D eigenvalue weighted by atomic mass is 10.1. The number of carbonyl (C=O) groups is 2. The molecule has 3 rings (SSSR count). The first kappa shape index (κ1) is 24.3. The Morgan fingerprint density at radius 2 is 1.91 bits per heavy atom. The van der Waals surface area contributed by atoms with Gasteiger partial charge >= 0.3 is 12.2 Å². The maximum absolute atomic E-state index is 13.7. The number of rotatable bonds is 7. The molecule has 3 aromatic rings. The van der Waals surface area contributed by atoms with Crippen LogP contribution in [0.25, 0.3) is 17.1 Å². The highest BCUT2D eigenvalue weighted by molar-refractivity contribution is 7.99. The van der Waals surface area contributed by atoms with Crippen LogP contribution in [0.2, 0.25) is 5.02 Å². The van der Waals surface area contributed by atoms with Crippen LogP contribution in [-0.4, -0.2) is 39.0 Å². The molecule has 2 aromatic carbocycles. The van der Waals surface area contributed by atoms with Gasteiger partial charge in [0, 0.05) is 17.1 Å². The number of imide groups is 1. The normalized spacial score (nSPS) is 11.2. The Bertz CT molecular complexity index is 1180. The van der Waals surface area contributed by atoms with Crippen molar-refractivity contribution in [2.75, 3.05) is 12.3 Å². The predicted octanol–water partition coefficient (Wildman–Crippen LogP) is 4.71. The summed E-state index contributed by atoms with van der Waals surface area (Å²) in [5.74, 6) is -0.839. The Labute approximate surface area is 196 Å². The summed E-state index contributed by atoms with van der Waals surface area (Å²) in [5, 5.41) is 12.9. The molecule has 2 N–H and O–H groups in total. The fraction of sp³-hybridized carbons (Fsp3) is 0.143. The van der Waals surface area contributed by atoms with Crippen LogP contribution in [0.3, 0.4) is 0 Å². The van der Waals surface area contributed by atoms with Gasteiger partial charge in [0.25, 0.3) is 0 Å². The summed E-state index contributed by atoms with van der Waals surface area (Å²) in [6.45, 7) is 3.61. The van der Waals surface area contributed by atoms with Crippen molar-refractivity contribution < 1.29 is 22.8 Å². The van der Waals surface area contributed by atoms with E-state index in [4.69, 9.17) is 11.6 Å². The Morgan fingerprint density at radius 3 is 2.61 bits per heavy atom. The van der Waals surface area contributed by atoms with Crippen molar-refractivity contribution in [1.82, 2.24) is 25.4 Å². The van der Waals surface area contributed by atoms with Gasteiger partial charge < -0.3 is 5.32 Å². The summed E-state index contributed by atoms with van der Waals surface area (Å²) in [7, 11) is 0. The fourth-order valence-electron chi connectivity index (χ4n) is 2.81. The van der Waals surface area contributed by atoms with Gasteiger partial charge in [0.2, 0.25) is 5.91 Å². The van der Waals surface area contributed by atoms with Gasteiger partial charge in [-0.15, -0.1) is 16.8 Å². The minimum absolute atomic E-state index is 0.0309. The van der Waals surface area contributed by atoms with Crippen LogP contribution in [0.15, 0.2) is 66.3 Å². The van der Waals surface area contributed by atoms with Crippen molar-refractivity contribution in [3.8, 4) is 17.1 Å². The van der Waals surface area contributed by atoms with Gasteiger partial charge in [0.15, 0.2) is 11.0 Å². The smallest absolute Gasteiger partial charge is 0.334 e. The van der Waals surface area contributed by atoms with Crippen LogP contribution in [0, 0.1) is 0 Å². The Kier molecular flexibility index (Phi) is 7.77. The maximum Gasteiger partial charge on any atom is 0.418 e. The maximum atomic E-state index is 13.7. The average Bonchev–Trinajstić information content (AvgIpc) is 3.19. The number of para-hydroxylation sites is 1. The molecule has 0 unspecified atom stereocenters. The Morgan fingerprint density at radius 1 is 1.15 bits per heavy atom. The number of nitrogens with zero attached hydrogens (tertiary/aromatic N) is 3. The first-order chi connectivity index (χ1) is 15.7. The standard InChI is InChI=1S/C21H17ClF3N5O2S/c1-2-10-26-19(32)27-17(31)12-33-20-29-28-18(13-6-5-7-14(22)11-13)30(20)16-9-4-3-8-15(16)21(23,24)25/h2-9,11H,1,10,12H2,(H2,26,27,31,32). The van der Waals surface area contributed by atoms with Crippen molar-refractivity contribution in [3.05, 3.63) is 71.8 Å². The third kappa shape index (κ3) is 6.14. The van der Waals surface area contributed by atoms with Crippen molar-refractivity contribution >= 4 is 35.3 Å². The highest BCUT2D eigenvalue weighted by Crippen LogP contribution is 2.37. The molecule has 1 aromatic heterocycles. The van der Waals surface area contributed by atoms with Gasteiger partial charge in [-0.05, 0) is 24.3 Å². The van der Waals surface area contributed by atoms with E-state index in [-0.39, 0.29) is 29.0 Å². The predicted molar refractivity (Wildman–Crippen MR) is 119 cm³/mol. The number of nitrogens with one attached hydrogen (secondary N) is 2. The van der Waals surface area contributed by atoms with Gasteiger partial charge in [-0.2, -0.15) is 13.2 Å². The van der Waals surface area contributed by atoms with Crippen LogP contribution in [0.4, 0.5) is 18.0 Å². The van der Waals surface area contributed by atoms with E-state index < -0.39 is 23.7 Å². The molecule has 33 heavy (non-hydrogen) atoms. The molecule has 0 fully saturated rings. The first-order valence-corrected chi connectivity index (χ1v) is 10.8. The average molecular weight is 496 g/mol. The minimum Gasteiger partial charge on any atom is -0.334 e. The molecule has 0 bridgehead atoms. The monoisotopic (exact) mass is 495 g/mol. The number of benzene rings is 2. The molecule has 0 atom stereocenters. The van der Waals surface area contributed by atoms with Gasteiger partial charge in [0.05, 0.1) is 17.0 Å². The molecule has 0 radical (unpaired) electrons. The molecule has 0 aliphatic heterocycles. The number of urea groups is 1. The second kappa shape index (κ2) is 10.5. The van der Waals surface area contributed by atoms with E-state index in [0.29, 0.717) is 10.6 Å². The Balaban J connectivity index is 1.99. The van der Waals surface area contributed by atoms with E-state index in [2.05, 4.69) is 27.4 Å². The quantitative estimate of drug-likeness (QED) is 0.366.